The Kier molecular flexibility index (Phi) is 4.19. The number of ether oxygens (including phenoxy) is 2. The van der Waals surface area contributed by atoms with E-state index < -0.39 is 0 Å². The van der Waals surface area contributed by atoms with Gasteiger partial charge in [-0.25, -0.2) is 0 Å². The maximum absolute atomic E-state index is 6.07. The summed E-state index contributed by atoms with van der Waals surface area (Å²) in [5.74, 6) is 0.635. The fourth-order valence-electron chi connectivity index (χ4n) is 3.99. The minimum Gasteiger partial charge on any atom is -0.381 e. The van der Waals surface area contributed by atoms with Gasteiger partial charge in [0, 0.05) is 37.7 Å². The highest BCUT2D eigenvalue weighted by Gasteiger charge is 2.40. The van der Waals surface area contributed by atoms with Crippen molar-refractivity contribution in [1.82, 2.24) is 4.90 Å². The third-order valence-electron chi connectivity index (χ3n) is 4.95. The van der Waals surface area contributed by atoms with E-state index in [0.717, 1.165) is 32.9 Å². The van der Waals surface area contributed by atoms with Crippen LogP contribution >= 0.6 is 0 Å². The van der Waals surface area contributed by atoms with Gasteiger partial charge in [0.15, 0.2) is 0 Å². The molecule has 2 saturated heterocycles. The van der Waals surface area contributed by atoms with Gasteiger partial charge in [-0.05, 0) is 19.3 Å². The maximum Gasteiger partial charge on any atom is 0.0731 e. The molecular weight excluding hydrogens is 228 g/mol. The van der Waals surface area contributed by atoms with Gasteiger partial charge in [0.25, 0.3) is 0 Å². The van der Waals surface area contributed by atoms with Crippen LogP contribution in [0.5, 0.6) is 0 Å². The van der Waals surface area contributed by atoms with Crippen LogP contribution in [0.15, 0.2) is 0 Å². The molecule has 0 aromatic carbocycles. The van der Waals surface area contributed by atoms with E-state index in [1.54, 1.807) is 0 Å². The van der Waals surface area contributed by atoms with Crippen LogP contribution in [0, 0.1) is 5.92 Å². The third-order valence-corrected chi connectivity index (χ3v) is 4.95. The highest BCUT2D eigenvalue weighted by molar-refractivity contribution is 4.93. The average molecular weight is 254 g/mol. The van der Waals surface area contributed by atoms with Gasteiger partial charge in [-0.3, -0.25) is 4.90 Å². The number of morpholine rings is 1. The van der Waals surface area contributed by atoms with Crippen molar-refractivity contribution in [2.24, 2.45) is 11.7 Å². The summed E-state index contributed by atoms with van der Waals surface area (Å²) in [5, 5.41) is 0. The Balaban J connectivity index is 1.71. The van der Waals surface area contributed by atoms with E-state index in [1.807, 2.05) is 0 Å². The van der Waals surface area contributed by atoms with E-state index in [4.69, 9.17) is 15.2 Å². The van der Waals surface area contributed by atoms with Crippen LogP contribution in [0.4, 0.5) is 0 Å². The fourth-order valence-corrected chi connectivity index (χ4v) is 3.99. The average Bonchev–Trinajstić information content (AvgIpc) is 2.94. The highest BCUT2D eigenvalue weighted by Crippen LogP contribution is 2.32. The van der Waals surface area contributed by atoms with Crippen LogP contribution in [-0.2, 0) is 9.47 Å². The predicted octanol–water partition coefficient (Wildman–Crippen LogP) is 0.994. The smallest absolute Gasteiger partial charge is 0.0731 e. The zero-order chi connectivity index (χ0) is 12.4. The molecule has 2 heterocycles. The minimum absolute atomic E-state index is 0.462. The summed E-state index contributed by atoms with van der Waals surface area (Å²) < 4.78 is 11.5. The van der Waals surface area contributed by atoms with Crippen LogP contribution in [0.1, 0.15) is 32.1 Å². The first kappa shape index (κ1) is 12.9. The standard InChI is InChI=1S/C14H26N2O2/c15-9-13(11-5-7-17-10-11)16-6-8-18-14-4-2-1-3-12(14)16/h11-14H,1-10,15H2. The van der Waals surface area contributed by atoms with Crippen molar-refractivity contribution >= 4 is 0 Å². The third kappa shape index (κ3) is 2.44. The first-order chi connectivity index (χ1) is 8.90. The minimum atomic E-state index is 0.462. The summed E-state index contributed by atoms with van der Waals surface area (Å²) in [6, 6.07) is 1.11. The van der Waals surface area contributed by atoms with Crippen LogP contribution in [-0.4, -0.2) is 56.0 Å². The molecule has 2 N–H and O–H groups in total. The van der Waals surface area contributed by atoms with Gasteiger partial charge in [-0.15, -0.1) is 0 Å². The normalized spacial score (nSPS) is 39.5. The van der Waals surface area contributed by atoms with Gasteiger partial charge in [0.05, 0.1) is 19.3 Å². The Bertz CT molecular complexity index is 267. The van der Waals surface area contributed by atoms with E-state index in [9.17, 15) is 0 Å². The summed E-state index contributed by atoms with van der Waals surface area (Å²) in [6.07, 6.45) is 6.84. The molecule has 3 aliphatic rings. The maximum atomic E-state index is 6.07. The summed E-state index contributed by atoms with van der Waals surface area (Å²) in [7, 11) is 0. The molecule has 0 radical (unpaired) electrons. The lowest BCUT2D eigenvalue weighted by atomic mass is 9.87. The van der Waals surface area contributed by atoms with E-state index in [0.29, 0.717) is 24.1 Å². The molecule has 4 atom stereocenters. The van der Waals surface area contributed by atoms with Crippen molar-refractivity contribution in [3.8, 4) is 0 Å². The molecule has 4 unspecified atom stereocenters. The Morgan fingerprint density at radius 3 is 2.83 bits per heavy atom. The summed E-state index contributed by atoms with van der Waals surface area (Å²) >= 11 is 0. The summed E-state index contributed by atoms with van der Waals surface area (Å²) in [6.45, 7) is 4.51. The second-order valence-corrected chi connectivity index (χ2v) is 5.93. The molecule has 0 aromatic heterocycles. The van der Waals surface area contributed by atoms with Crippen molar-refractivity contribution in [1.29, 1.82) is 0 Å². The van der Waals surface area contributed by atoms with Gasteiger partial charge in [-0.1, -0.05) is 12.8 Å². The molecule has 0 bridgehead atoms. The first-order valence-electron chi connectivity index (χ1n) is 7.55. The van der Waals surface area contributed by atoms with Crippen LogP contribution in [0.25, 0.3) is 0 Å². The predicted molar refractivity (Wildman–Crippen MR) is 70.5 cm³/mol. The Hall–Kier alpha value is -0.160. The molecule has 2 aliphatic heterocycles. The van der Waals surface area contributed by atoms with Crippen LogP contribution in [0.3, 0.4) is 0 Å². The van der Waals surface area contributed by atoms with Crippen molar-refractivity contribution in [3.63, 3.8) is 0 Å². The molecule has 3 fully saturated rings. The number of fused-ring (bicyclic) bond motifs is 1. The fraction of sp³-hybridized carbons (Fsp3) is 1.00. The van der Waals surface area contributed by atoms with Gasteiger partial charge >= 0.3 is 0 Å². The summed E-state index contributed by atoms with van der Waals surface area (Å²) in [5.41, 5.74) is 6.07. The molecule has 4 nitrogen and oxygen atoms in total. The van der Waals surface area contributed by atoms with Gasteiger partial charge in [-0.2, -0.15) is 0 Å². The quantitative estimate of drug-likeness (QED) is 0.816. The Morgan fingerprint density at radius 1 is 1.17 bits per heavy atom. The van der Waals surface area contributed by atoms with E-state index in [1.165, 1.54) is 32.1 Å². The molecule has 0 amide bonds. The topological polar surface area (TPSA) is 47.7 Å². The summed E-state index contributed by atoms with van der Waals surface area (Å²) in [4.78, 5) is 2.66. The Morgan fingerprint density at radius 2 is 2.06 bits per heavy atom. The van der Waals surface area contributed by atoms with Gasteiger partial charge in [0.2, 0.25) is 0 Å². The number of nitrogens with zero attached hydrogens (tertiary/aromatic N) is 1. The second-order valence-electron chi connectivity index (χ2n) is 5.93. The largest absolute Gasteiger partial charge is 0.381 e. The van der Waals surface area contributed by atoms with Gasteiger partial charge < -0.3 is 15.2 Å². The van der Waals surface area contributed by atoms with E-state index >= 15 is 0 Å². The number of hydrogen-bond donors (Lipinski definition) is 1. The van der Waals surface area contributed by atoms with Crippen molar-refractivity contribution in [2.75, 3.05) is 32.9 Å². The monoisotopic (exact) mass is 254 g/mol. The van der Waals surface area contributed by atoms with E-state index in [-0.39, 0.29) is 0 Å². The zero-order valence-corrected chi connectivity index (χ0v) is 11.2. The lowest BCUT2D eigenvalue weighted by Gasteiger charge is -2.48. The molecule has 1 saturated carbocycles. The molecule has 104 valence electrons. The molecule has 4 heteroatoms. The molecule has 3 rings (SSSR count). The van der Waals surface area contributed by atoms with Crippen LogP contribution in [0.2, 0.25) is 0 Å². The van der Waals surface area contributed by atoms with Crippen LogP contribution < -0.4 is 5.73 Å². The second kappa shape index (κ2) is 5.87. The van der Waals surface area contributed by atoms with E-state index in [2.05, 4.69) is 4.90 Å². The Labute approximate surface area is 110 Å². The number of rotatable bonds is 3. The molecule has 0 aromatic rings. The number of hydrogen-bond acceptors (Lipinski definition) is 4. The molecular formula is C14H26N2O2. The first-order valence-corrected chi connectivity index (χ1v) is 7.55. The molecule has 18 heavy (non-hydrogen) atoms. The van der Waals surface area contributed by atoms with Crippen molar-refractivity contribution in [3.05, 3.63) is 0 Å². The van der Waals surface area contributed by atoms with Crippen molar-refractivity contribution < 1.29 is 9.47 Å². The van der Waals surface area contributed by atoms with Gasteiger partial charge in [0.1, 0.15) is 0 Å². The zero-order valence-electron chi connectivity index (χ0n) is 11.2. The lowest BCUT2D eigenvalue weighted by molar-refractivity contribution is -0.108. The molecule has 1 aliphatic carbocycles. The van der Waals surface area contributed by atoms with Crippen molar-refractivity contribution in [2.45, 2.75) is 50.3 Å². The molecule has 0 spiro atoms. The SMILES string of the molecule is NCC(C1CCOC1)N1CCOC2CCCCC21. The highest BCUT2D eigenvalue weighted by atomic mass is 16.5. The number of nitrogens with two attached hydrogens (primary N) is 1. The lowest BCUT2D eigenvalue weighted by Crippen LogP contribution is -2.59.